The molecule has 21 heavy (non-hydrogen) atoms. The summed E-state index contributed by atoms with van der Waals surface area (Å²) in [5.74, 6) is 0.985. The second kappa shape index (κ2) is 6.06. The van der Waals surface area contributed by atoms with Crippen LogP contribution in [0.1, 0.15) is 36.0 Å². The SMILES string of the molecule is COc1ccc(C(=O)N(C2CC2)C2CCN(C)CC2)cc1. The van der Waals surface area contributed by atoms with Crippen molar-refractivity contribution in [3.8, 4) is 5.75 Å². The van der Waals surface area contributed by atoms with E-state index in [1.54, 1.807) is 7.11 Å². The fraction of sp³-hybridized carbons (Fsp3) is 0.588. The van der Waals surface area contributed by atoms with Crippen molar-refractivity contribution in [1.82, 2.24) is 9.80 Å². The number of ether oxygens (including phenoxy) is 1. The Kier molecular flexibility index (Phi) is 4.15. The Morgan fingerprint density at radius 2 is 1.67 bits per heavy atom. The van der Waals surface area contributed by atoms with Crippen LogP contribution in [0.25, 0.3) is 0 Å². The lowest BCUT2D eigenvalue weighted by Crippen LogP contribution is -2.47. The molecular formula is C17H24N2O2. The molecule has 2 aliphatic rings. The number of methoxy groups -OCH3 is 1. The first kappa shape index (κ1) is 14.4. The zero-order valence-corrected chi connectivity index (χ0v) is 12.9. The molecule has 0 radical (unpaired) electrons. The van der Waals surface area contributed by atoms with E-state index >= 15 is 0 Å². The van der Waals surface area contributed by atoms with Gasteiger partial charge in [0.2, 0.25) is 0 Å². The lowest BCUT2D eigenvalue weighted by molar-refractivity contribution is 0.0569. The van der Waals surface area contributed by atoms with E-state index in [0.29, 0.717) is 12.1 Å². The molecule has 0 atom stereocenters. The van der Waals surface area contributed by atoms with Crippen LogP contribution in [0.5, 0.6) is 5.75 Å². The van der Waals surface area contributed by atoms with Crippen molar-refractivity contribution in [2.45, 2.75) is 37.8 Å². The molecule has 0 unspecified atom stereocenters. The second-order valence-corrected chi connectivity index (χ2v) is 6.21. The van der Waals surface area contributed by atoms with Crippen molar-refractivity contribution in [3.05, 3.63) is 29.8 Å². The highest BCUT2D eigenvalue weighted by atomic mass is 16.5. The summed E-state index contributed by atoms with van der Waals surface area (Å²) in [5.41, 5.74) is 0.779. The van der Waals surface area contributed by atoms with E-state index in [2.05, 4.69) is 16.8 Å². The summed E-state index contributed by atoms with van der Waals surface area (Å²) in [4.78, 5) is 17.4. The third-order valence-electron chi connectivity index (χ3n) is 4.59. The molecule has 0 spiro atoms. The molecule has 0 aromatic heterocycles. The molecule has 2 fully saturated rings. The Hall–Kier alpha value is -1.55. The highest BCUT2D eigenvalue weighted by Gasteiger charge is 2.38. The molecule has 0 N–H and O–H groups in total. The van der Waals surface area contributed by atoms with Gasteiger partial charge in [-0.25, -0.2) is 0 Å². The molecule has 4 heteroatoms. The van der Waals surface area contributed by atoms with E-state index in [9.17, 15) is 4.79 Å². The first-order chi connectivity index (χ1) is 10.2. The predicted molar refractivity (Wildman–Crippen MR) is 82.7 cm³/mol. The maximum Gasteiger partial charge on any atom is 0.254 e. The van der Waals surface area contributed by atoms with Crippen molar-refractivity contribution in [2.24, 2.45) is 0 Å². The number of benzene rings is 1. The molecule has 1 aliphatic carbocycles. The first-order valence-corrected chi connectivity index (χ1v) is 7.84. The van der Waals surface area contributed by atoms with Gasteiger partial charge in [0.05, 0.1) is 7.11 Å². The molecule has 114 valence electrons. The summed E-state index contributed by atoms with van der Waals surface area (Å²) in [6, 6.07) is 8.37. The average molecular weight is 288 g/mol. The van der Waals surface area contributed by atoms with Gasteiger partial charge in [-0.1, -0.05) is 0 Å². The molecule has 4 nitrogen and oxygen atoms in total. The van der Waals surface area contributed by atoms with Crippen LogP contribution in [0.2, 0.25) is 0 Å². The Bertz CT molecular complexity index is 488. The van der Waals surface area contributed by atoms with Crippen molar-refractivity contribution in [2.75, 3.05) is 27.2 Å². The lowest BCUT2D eigenvalue weighted by Gasteiger charge is -2.37. The average Bonchev–Trinajstić information content (AvgIpc) is 3.34. The highest BCUT2D eigenvalue weighted by Crippen LogP contribution is 2.33. The number of rotatable bonds is 4. The largest absolute Gasteiger partial charge is 0.497 e. The third kappa shape index (κ3) is 3.21. The number of piperidine rings is 1. The van der Waals surface area contributed by atoms with Gasteiger partial charge in [-0.15, -0.1) is 0 Å². The monoisotopic (exact) mass is 288 g/mol. The number of carbonyl (C=O) groups is 1. The van der Waals surface area contributed by atoms with Gasteiger partial charge < -0.3 is 14.5 Å². The van der Waals surface area contributed by atoms with Crippen LogP contribution in [0.4, 0.5) is 0 Å². The number of likely N-dealkylation sites (tertiary alicyclic amines) is 1. The van der Waals surface area contributed by atoms with Crippen LogP contribution in [0.3, 0.4) is 0 Å². The zero-order chi connectivity index (χ0) is 14.8. The zero-order valence-electron chi connectivity index (χ0n) is 12.9. The number of nitrogens with zero attached hydrogens (tertiary/aromatic N) is 2. The van der Waals surface area contributed by atoms with Crippen molar-refractivity contribution < 1.29 is 9.53 Å². The molecule has 1 aromatic carbocycles. The lowest BCUT2D eigenvalue weighted by atomic mass is 10.0. The van der Waals surface area contributed by atoms with Crippen molar-refractivity contribution in [1.29, 1.82) is 0 Å². The normalized spacial score (nSPS) is 20.3. The van der Waals surface area contributed by atoms with Gasteiger partial charge in [-0.3, -0.25) is 4.79 Å². The molecule has 1 saturated heterocycles. The van der Waals surface area contributed by atoms with Crippen LogP contribution in [-0.4, -0.2) is 55.0 Å². The molecule has 1 aliphatic heterocycles. The van der Waals surface area contributed by atoms with E-state index in [-0.39, 0.29) is 5.91 Å². The summed E-state index contributed by atoms with van der Waals surface area (Å²) < 4.78 is 5.17. The van der Waals surface area contributed by atoms with E-state index in [0.717, 1.165) is 50.1 Å². The van der Waals surface area contributed by atoms with Crippen LogP contribution >= 0.6 is 0 Å². The van der Waals surface area contributed by atoms with Gasteiger partial charge in [-0.2, -0.15) is 0 Å². The summed E-state index contributed by atoms with van der Waals surface area (Å²) in [6.07, 6.45) is 4.51. The smallest absolute Gasteiger partial charge is 0.254 e. The molecule has 1 saturated carbocycles. The van der Waals surface area contributed by atoms with Crippen molar-refractivity contribution in [3.63, 3.8) is 0 Å². The standard InChI is InChI=1S/C17H24N2O2/c1-18-11-9-15(10-12-18)19(14-5-6-14)17(20)13-3-7-16(21-2)8-4-13/h3-4,7-8,14-15H,5-6,9-12H2,1-2H3. The van der Waals surface area contributed by atoms with E-state index in [1.165, 1.54) is 0 Å². The van der Waals surface area contributed by atoms with Crippen LogP contribution in [0, 0.1) is 0 Å². The molecular weight excluding hydrogens is 264 g/mol. The topological polar surface area (TPSA) is 32.8 Å². The maximum atomic E-state index is 12.9. The number of amides is 1. The van der Waals surface area contributed by atoms with Gasteiger partial charge in [0, 0.05) is 17.6 Å². The van der Waals surface area contributed by atoms with E-state index in [4.69, 9.17) is 4.74 Å². The van der Waals surface area contributed by atoms with Crippen LogP contribution in [0.15, 0.2) is 24.3 Å². The molecule has 1 aromatic rings. The predicted octanol–water partition coefficient (Wildman–Crippen LogP) is 2.39. The van der Waals surface area contributed by atoms with Gasteiger partial charge in [-0.05, 0) is 70.1 Å². The minimum atomic E-state index is 0.190. The van der Waals surface area contributed by atoms with E-state index < -0.39 is 0 Å². The minimum absolute atomic E-state index is 0.190. The van der Waals surface area contributed by atoms with Gasteiger partial charge in [0.1, 0.15) is 5.75 Å². The Balaban J connectivity index is 1.75. The van der Waals surface area contributed by atoms with E-state index in [1.807, 2.05) is 24.3 Å². The van der Waals surface area contributed by atoms with Gasteiger partial charge in [0.25, 0.3) is 5.91 Å². The quantitative estimate of drug-likeness (QED) is 0.853. The fourth-order valence-corrected chi connectivity index (χ4v) is 3.14. The van der Waals surface area contributed by atoms with Gasteiger partial charge in [0.15, 0.2) is 0 Å². The number of hydrogen-bond acceptors (Lipinski definition) is 3. The van der Waals surface area contributed by atoms with Crippen LogP contribution < -0.4 is 4.74 Å². The molecule has 1 amide bonds. The summed E-state index contributed by atoms with van der Waals surface area (Å²) in [6.45, 7) is 2.17. The molecule has 1 heterocycles. The second-order valence-electron chi connectivity index (χ2n) is 6.21. The first-order valence-electron chi connectivity index (χ1n) is 7.84. The van der Waals surface area contributed by atoms with Gasteiger partial charge >= 0.3 is 0 Å². The van der Waals surface area contributed by atoms with Crippen molar-refractivity contribution >= 4 is 5.91 Å². The summed E-state index contributed by atoms with van der Waals surface area (Å²) in [7, 11) is 3.80. The maximum absolute atomic E-state index is 12.9. The summed E-state index contributed by atoms with van der Waals surface area (Å²) >= 11 is 0. The highest BCUT2D eigenvalue weighted by molar-refractivity contribution is 5.95. The molecule has 3 rings (SSSR count). The Labute approximate surface area is 126 Å². The molecule has 0 bridgehead atoms. The minimum Gasteiger partial charge on any atom is -0.497 e. The number of carbonyl (C=O) groups excluding carboxylic acids is 1. The van der Waals surface area contributed by atoms with Crippen LogP contribution in [-0.2, 0) is 0 Å². The summed E-state index contributed by atoms with van der Waals surface area (Å²) in [5, 5.41) is 0. The Morgan fingerprint density at radius 3 is 2.19 bits per heavy atom. The third-order valence-corrected chi connectivity index (χ3v) is 4.59. The Morgan fingerprint density at radius 1 is 1.10 bits per heavy atom. The number of hydrogen-bond donors (Lipinski definition) is 0. The fourth-order valence-electron chi connectivity index (χ4n) is 3.14.